The predicted molar refractivity (Wildman–Crippen MR) is 115 cm³/mol. The van der Waals surface area contributed by atoms with Gasteiger partial charge in [0, 0.05) is 23.0 Å². The second-order valence-corrected chi connectivity index (χ2v) is 8.20. The minimum Gasteiger partial charge on any atom is -0.508 e. The zero-order chi connectivity index (χ0) is 22.3. The Labute approximate surface area is 185 Å². The van der Waals surface area contributed by atoms with E-state index in [0.717, 1.165) is 11.1 Å². The molecule has 4 unspecified atom stereocenters. The number of amides is 1. The van der Waals surface area contributed by atoms with Crippen molar-refractivity contribution in [2.24, 2.45) is 5.92 Å². The number of phenolic OH excluding ortho intramolecular Hbond substituents is 1. The monoisotopic (exact) mass is 447 g/mol. The number of hydrazine groups is 1. The molecule has 2 aliphatic heterocycles. The highest BCUT2D eigenvalue weighted by Gasteiger charge is 2.55. The number of ether oxygens (including phenoxy) is 2. The Balaban J connectivity index is 1.81. The third-order valence-corrected chi connectivity index (χ3v) is 6.55. The van der Waals surface area contributed by atoms with Gasteiger partial charge in [0.2, 0.25) is 5.91 Å². The molecule has 31 heavy (non-hydrogen) atoms. The Hall–Kier alpha value is -2.52. The SMILES string of the molecule is COc1ccc(C2C3C(NNC3c3cc(Cl)c(C)cc3O)C(=O)N2CCO)cc1OC. The molecule has 9 heteroatoms. The number of aromatic hydroxyl groups is 1. The van der Waals surface area contributed by atoms with E-state index in [4.69, 9.17) is 21.1 Å². The van der Waals surface area contributed by atoms with Gasteiger partial charge in [-0.05, 0) is 42.3 Å². The number of nitrogens with one attached hydrogen (secondary N) is 2. The highest BCUT2D eigenvalue weighted by Crippen LogP contribution is 2.49. The summed E-state index contributed by atoms with van der Waals surface area (Å²) in [4.78, 5) is 14.9. The molecule has 0 aromatic heterocycles. The van der Waals surface area contributed by atoms with Gasteiger partial charge in [0.1, 0.15) is 11.8 Å². The molecular weight excluding hydrogens is 422 g/mol. The van der Waals surface area contributed by atoms with Crippen LogP contribution in [0.2, 0.25) is 5.02 Å². The molecule has 2 aromatic carbocycles. The summed E-state index contributed by atoms with van der Waals surface area (Å²) in [6, 6.07) is 7.64. The van der Waals surface area contributed by atoms with Crippen LogP contribution < -0.4 is 20.3 Å². The van der Waals surface area contributed by atoms with Gasteiger partial charge in [0.25, 0.3) is 0 Å². The first-order chi connectivity index (χ1) is 14.9. The average molecular weight is 448 g/mol. The maximum atomic E-state index is 13.2. The number of aliphatic hydroxyl groups is 1. The minimum atomic E-state index is -0.519. The lowest BCUT2D eigenvalue weighted by atomic mass is 9.83. The van der Waals surface area contributed by atoms with Crippen molar-refractivity contribution in [3.63, 3.8) is 0 Å². The van der Waals surface area contributed by atoms with Crippen LogP contribution in [-0.2, 0) is 4.79 Å². The van der Waals surface area contributed by atoms with Crippen molar-refractivity contribution in [2.45, 2.75) is 25.0 Å². The Morgan fingerprint density at radius 2 is 1.81 bits per heavy atom. The van der Waals surface area contributed by atoms with Crippen LogP contribution in [-0.4, -0.2) is 54.4 Å². The topological polar surface area (TPSA) is 103 Å². The number of fused-ring (bicyclic) bond motifs is 1. The van der Waals surface area contributed by atoms with E-state index in [-0.39, 0.29) is 42.8 Å². The molecule has 0 aliphatic carbocycles. The van der Waals surface area contributed by atoms with E-state index in [0.29, 0.717) is 22.1 Å². The zero-order valence-electron chi connectivity index (χ0n) is 17.6. The van der Waals surface area contributed by atoms with Crippen molar-refractivity contribution in [3.8, 4) is 17.2 Å². The third kappa shape index (κ3) is 3.59. The molecule has 4 atom stereocenters. The number of aryl methyl sites for hydroxylation is 1. The second-order valence-electron chi connectivity index (χ2n) is 7.80. The fourth-order valence-electron chi connectivity index (χ4n) is 4.69. The van der Waals surface area contributed by atoms with Gasteiger partial charge < -0.3 is 24.6 Å². The number of likely N-dealkylation sites (tertiary alicyclic amines) is 1. The molecule has 0 saturated carbocycles. The van der Waals surface area contributed by atoms with E-state index in [1.807, 2.05) is 19.1 Å². The molecule has 2 heterocycles. The number of halogens is 1. The molecule has 0 bridgehead atoms. The lowest BCUT2D eigenvalue weighted by Crippen LogP contribution is -2.42. The summed E-state index contributed by atoms with van der Waals surface area (Å²) in [6.45, 7) is 1.86. The summed E-state index contributed by atoms with van der Waals surface area (Å²) in [7, 11) is 3.12. The molecule has 2 aliphatic rings. The smallest absolute Gasteiger partial charge is 0.242 e. The fourth-order valence-corrected chi connectivity index (χ4v) is 4.86. The summed E-state index contributed by atoms with van der Waals surface area (Å²) in [5.41, 5.74) is 8.48. The largest absolute Gasteiger partial charge is 0.508 e. The molecule has 2 fully saturated rings. The molecule has 2 saturated heterocycles. The van der Waals surface area contributed by atoms with Crippen LogP contribution in [0, 0.1) is 12.8 Å². The molecule has 8 nitrogen and oxygen atoms in total. The van der Waals surface area contributed by atoms with Crippen LogP contribution >= 0.6 is 11.6 Å². The molecule has 166 valence electrons. The number of aliphatic hydroxyl groups excluding tert-OH is 1. The second kappa shape index (κ2) is 8.55. The molecule has 0 spiro atoms. The van der Waals surface area contributed by atoms with Gasteiger partial charge >= 0.3 is 0 Å². The van der Waals surface area contributed by atoms with Gasteiger partial charge in [-0.1, -0.05) is 17.7 Å². The van der Waals surface area contributed by atoms with Crippen LogP contribution in [0.3, 0.4) is 0 Å². The lowest BCUT2D eigenvalue weighted by molar-refractivity contribution is -0.131. The van der Waals surface area contributed by atoms with E-state index in [1.54, 1.807) is 37.3 Å². The molecule has 2 aromatic rings. The van der Waals surface area contributed by atoms with Gasteiger partial charge in [0.05, 0.1) is 32.9 Å². The number of nitrogens with zero attached hydrogens (tertiary/aromatic N) is 1. The third-order valence-electron chi connectivity index (χ3n) is 6.15. The van der Waals surface area contributed by atoms with E-state index in [2.05, 4.69) is 10.9 Å². The van der Waals surface area contributed by atoms with Crippen molar-refractivity contribution in [3.05, 3.63) is 52.0 Å². The lowest BCUT2D eigenvalue weighted by Gasteiger charge is -2.31. The van der Waals surface area contributed by atoms with Crippen LogP contribution in [0.5, 0.6) is 17.2 Å². The summed E-state index contributed by atoms with van der Waals surface area (Å²) >= 11 is 6.34. The van der Waals surface area contributed by atoms with Gasteiger partial charge in [-0.15, -0.1) is 0 Å². The number of benzene rings is 2. The van der Waals surface area contributed by atoms with E-state index < -0.39 is 6.04 Å². The Morgan fingerprint density at radius 3 is 2.48 bits per heavy atom. The van der Waals surface area contributed by atoms with Crippen molar-refractivity contribution in [2.75, 3.05) is 27.4 Å². The van der Waals surface area contributed by atoms with Crippen molar-refractivity contribution < 1.29 is 24.5 Å². The summed E-state index contributed by atoms with van der Waals surface area (Å²) < 4.78 is 10.8. The molecule has 4 N–H and O–H groups in total. The molecule has 1 amide bonds. The number of phenols is 1. The summed E-state index contributed by atoms with van der Waals surface area (Å²) in [6.07, 6.45) is 0. The highest BCUT2D eigenvalue weighted by atomic mass is 35.5. The average Bonchev–Trinajstić information content (AvgIpc) is 3.30. The van der Waals surface area contributed by atoms with E-state index >= 15 is 0 Å². The first-order valence-electron chi connectivity index (χ1n) is 10.0. The first kappa shape index (κ1) is 21.7. The van der Waals surface area contributed by atoms with Crippen LogP contribution in [0.25, 0.3) is 0 Å². The summed E-state index contributed by atoms with van der Waals surface area (Å²) in [5, 5.41) is 20.8. The fraction of sp³-hybridized carbons (Fsp3) is 0.409. The maximum Gasteiger partial charge on any atom is 0.242 e. The first-order valence-corrected chi connectivity index (χ1v) is 10.4. The van der Waals surface area contributed by atoms with E-state index in [9.17, 15) is 15.0 Å². The molecule has 0 radical (unpaired) electrons. The Bertz CT molecular complexity index is 1000. The van der Waals surface area contributed by atoms with Gasteiger partial charge in [-0.25, -0.2) is 10.9 Å². The van der Waals surface area contributed by atoms with Gasteiger partial charge in [-0.2, -0.15) is 0 Å². The quantitative estimate of drug-likeness (QED) is 0.537. The Kier molecular flexibility index (Phi) is 5.98. The van der Waals surface area contributed by atoms with Gasteiger partial charge in [0.15, 0.2) is 11.5 Å². The van der Waals surface area contributed by atoms with Crippen molar-refractivity contribution >= 4 is 17.5 Å². The van der Waals surface area contributed by atoms with Crippen molar-refractivity contribution in [1.29, 1.82) is 0 Å². The normalized spacial score (nSPS) is 25.1. The van der Waals surface area contributed by atoms with Gasteiger partial charge in [-0.3, -0.25) is 4.79 Å². The zero-order valence-corrected chi connectivity index (χ0v) is 18.3. The standard InChI is InChI=1S/C22H26ClN3O5/c1-11-8-15(28)13(10-14(11)23)19-18-20(25-24-19)22(29)26(6-7-27)21(18)12-4-5-16(30-2)17(9-12)31-3/h4-5,8-10,18-21,24-25,27-28H,6-7H2,1-3H3. The Morgan fingerprint density at radius 1 is 1.10 bits per heavy atom. The van der Waals surface area contributed by atoms with Crippen molar-refractivity contribution in [1.82, 2.24) is 15.8 Å². The molecular formula is C22H26ClN3O5. The number of β-amino-alcohol motifs (C(OH)–C–C–N with tert-alkyl or cyclic N) is 1. The minimum absolute atomic E-state index is 0.112. The highest BCUT2D eigenvalue weighted by molar-refractivity contribution is 6.31. The van der Waals surface area contributed by atoms with Crippen LogP contribution in [0.15, 0.2) is 30.3 Å². The number of hydrogen-bond acceptors (Lipinski definition) is 7. The predicted octanol–water partition coefficient (Wildman–Crippen LogP) is 2.08. The maximum absolute atomic E-state index is 13.2. The number of carbonyl (C=O) groups excluding carboxylic acids is 1. The van der Waals surface area contributed by atoms with Crippen LogP contribution in [0.4, 0.5) is 0 Å². The number of hydrogen-bond donors (Lipinski definition) is 4. The molecule has 4 rings (SSSR count). The van der Waals surface area contributed by atoms with Crippen LogP contribution in [0.1, 0.15) is 28.8 Å². The number of carbonyl (C=O) groups is 1. The number of rotatable bonds is 6. The van der Waals surface area contributed by atoms with E-state index in [1.165, 1.54) is 0 Å². The summed E-state index contributed by atoms with van der Waals surface area (Å²) in [5.74, 6) is 0.869. The number of methoxy groups -OCH3 is 2.